The van der Waals surface area contributed by atoms with Gasteiger partial charge in [0, 0.05) is 12.1 Å². The molecule has 0 spiro atoms. The van der Waals surface area contributed by atoms with Crippen LogP contribution in [0, 0.1) is 0 Å². The Morgan fingerprint density at radius 2 is 1.76 bits per heavy atom. The van der Waals surface area contributed by atoms with Crippen LogP contribution in [0.1, 0.15) is 18.9 Å². The minimum absolute atomic E-state index is 0.187. The van der Waals surface area contributed by atoms with E-state index in [-0.39, 0.29) is 18.9 Å². The van der Waals surface area contributed by atoms with Gasteiger partial charge in [0.2, 0.25) is 5.91 Å². The number of nitrogens with one attached hydrogen (secondary N) is 1. The first-order valence-electron chi connectivity index (χ1n) is 8.00. The van der Waals surface area contributed by atoms with Crippen molar-refractivity contribution in [2.24, 2.45) is 0 Å². The maximum Gasteiger partial charge on any atom is 0.227 e. The lowest BCUT2D eigenvalue weighted by Crippen LogP contribution is -2.15. The topological polar surface area (TPSA) is 56.8 Å². The van der Waals surface area contributed by atoms with E-state index in [1.807, 2.05) is 24.3 Å². The quantitative estimate of drug-likeness (QED) is 0.758. The second kappa shape index (κ2) is 9.18. The summed E-state index contributed by atoms with van der Waals surface area (Å²) in [6, 6.07) is 11.1. The van der Waals surface area contributed by atoms with E-state index in [2.05, 4.69) is 12.2 Å². The number of anilines is 1. The molecule has 25 heavy (non-hydrogen) atoms. The zero-order chi connectivity index (χ0) is 18.2. The summed E-state index contributed by atoms with van der Waals surface area (Å²) < 4.78 is 16.0. The number of carbonyl (C=O) groups excluding carboxylic acids is 1. The summed E-state index contributed by atoms with van der Waals surface area (Å²) >= 11 is 6.05. The summed E-state index contributed by atoms with van der Waals surface area (Å²) in [5.41, 5.74) is 1.75. The molecule has 0 bridgehead atoms. The summed E-state index contributed by atoms with van der Waals surface area (Å²) in [6.07, 6.45) is 1.19. The molecule has 2 rings (SSSR count). The fourth-order valence-corrected chi connectivity index (χ4v) is 2.48. The van der Waals surface area contributed by atoms with Crippen LogP contribution in [0.5, 0.6) is 17.2 Å². The Morgan fingerprint density at radius 3 is 2.36 bits per heavy atom. The second-order valence-electron chi connectivity index (χ2n) is 5.33. The number of halogens is 1. The normalized spacial score (nSPS) is 10.2. The first-order chi connectivity index (χ1) is 12.1. The van der Waals surface area contributed by atoms with Crippen molar-refractivity contribution in [3.05, 3.63) is 47.0 Å². The lowest BCUT2D eigenvalue weighted by atomic mass is 10.2. The highest BCUT2D eigenvalue weighted by molar-refractivity contribution is 6.32. The number of benzene rings is 2. The molecule has 0 radical (unpaired) electrons. The van der Waals surface area contributed by atoms with Crippen LogP contribution in [-0.4, -0.2) is 26.7 Å². The summed E-state index contributed by atoms with van der Waals surface area (Å²) in [4.78, 5) is 12.1. The maximum atomic E-state index is 12.1. The van der Waals surface area contributed by atoms with Crippen LogP contribution in [-0.2, 0) is 11.2 Å². The minimum atomic E-state index is -0.187. The Balaban J connectivity index is 1.91. The van der Waals surface area contributed by atoms with Crippen molar-refractivity contribution in [2.45, 2.75) is 19.8 Å². The molecule has 0 fully saturated rings. The average Bonchev–Trinajstić information content (AvgIpc) is 2.63. The van der Waals surface area contributed by atoms with Gasteiger partial charge in [0.05, 0.1) is 38.0 Å². The van der Waals surface area contributed by atoms with Gasteiger partial charge in [0.25, 0.3) is 0 Å². The zero-order valence-corrected chi connectivity index (χ0v) is 15.4. The monoisotopic (exact) mass is 363 g/mol. The molecule has 0 aromatic heterocycles. The lowest BCUT2D eigenvalue weighted by molar-refractivity contribution is -0.116. The predicted octanol–water partition coefficient (Wildman–Crippen LogP) is 4.33. The molecule has 0 aliphatic heterocycles. The van der Waals surface area contributed by atoms with Crippen molar-refractivity contribution < 1.29 is 19.0 Å². The molecule has 0 heterocycles. The molecule has 6 heteroatoms. The average molecular weight is 364 g/mol. The maximum absolute atomic E-state index is 12.1. The van der Waals surface area contributed by atoms with Crippen molar-refractivity contribution in [3.8, 4) is 17.2 Å². The van der Waals surface area contributed by atoms with E-state index in [1.54, 1.807) is 12.1 Å². The number of hydrogen-bond donors (Lipinski definition) is 1. The van der Waals surface area contributed by atoms with Gasteiger partial charge in [-0.1, -0.05) is 30.7 Å². The summed E-state index contributed by atoms with van der Waals surface area (Å²) in [6.45, 7) is 2.38. The molecule has 2 aromatic rings. The van der Waals surface area contributed by atoms with Gasteiger partial charge in [-0.2, -0.15) is 0 Å². The number of hydrogen-bond acceptors (Lipinski definition) is 4. The Bertz CT molecular complexity index is 716. The highest BCUT2D eigenvalue weighted by Gasteiger charge is 2.12. The molecule has 0 saturated heterocycles. The molecular weight excluding hydrogens is 342 g/mol. The van der Waals surface area contributed by atoms with Crippen LogP contribution in [0.25, 0.3) is 0 Å². The van der Waals surface area contributed by atoms with E-state index in [0.29, 0.717) is 22.2 Å². The van der Waals surface area contributed by atoms with E-state index in [1.165, 1.54) is 19.8 Å². The molecule has 5 nitrogen and oxygen atoms in total. The number of ether oxygens (including phenoxy) is 3. The van der Waals surface area contributed by atoms with E-state index < -0.39 is 0 Å². The third kappa shape index (κ3) is 5.29. The summed E-state index contributed by atoms with van der Waals surface area (Å²) in [5, 5.41) is 3.20. The SMILES string of the molecule is CCc1ccc(OCCC(=O)Nc2cc(OC)c(Cl)cc2OC)cc1. The number of amides is 1. The number of aryl methyl sites for hydroxylation is 1. The zero-order valence-electron chi connectivity index (χ0n) is 14.6. The molecule has 1 amide bonds. The Hall–Kier alpha value is -2.40. The van der Waals surface area contributed by atoms with E-state index in [4.69, 9.17) is 25.8 Å². The molecule has 0 unspecified atom stereocenters. The number of carbonyl (C=O) groups is 1. The second-order valence-corrected chi connectivity index (χ2v) is 5.74. The molecule has 2 aromatic carbocycles. The number of rotatable bonds is 8. The predicted molar refractivity (Wildman–Crippen MR) is 99.1 cm³/mol. The summed E-state index contributed by atoms with van der Waals surface area (Å²) in [5.74, 6) is 1.49. The van der Waals surface area contributed by atoms with Crippen molar-refractivity contribution in [1.82, 2.24) is 0 Å². The molecule has 0 aliphatic rings. The molecular formula is C19H22ClNO4. The first-order valence-corrected chi connectivity index (χ1v) is 8.38. The van der Waals surface area contributed by atoms with Gasteiger partial charge in [-0.05, 0) is 24.1 Å². The third-order valence-corrected chi connectivity index (χ3v) is 3.97. The highest BCUT2D eigenvalue weighted by Crippen LogP contribution is 2.35. The van der Waals surface area contributed by atoms with E-state index >= 15 is 0 Å². The summed E-state index contributed by atoms with van der Waals surface area (Å²) in [7, 11) is 3.02. The fourth-order valence-electron chi connectivity index (χ4n) is 2.25. The lowest BCUT2D eigenvalue weighted by Gasteiger charge is -2.13. The van der Waals surface area contributed by atoms with Gasteiger partial charge >= 0.3 is 0 Å². The Morgan fingerprint density at radius 1 is 1.08 bits per heavy atom. The smallest absolute Gasteiger partial charge is 0.227 e. The van der Waals surface area contributed by atoms with Crippen molar-refractivity contribution in [2.75, 3.05) is 26.1 Å². The fraction of sp³-hybridized carbons (Fsp3) is 0.316. The first kappa shape index (κ1) is 18.9. The van der Waals surface area contributed by atoms with Crippen LogP contribution >= 0.6 is 11.6 Å². The number of methoxy groups -OCH3 is 2. The van der Waals surface area contributed by atoms with Gasteiger partial charge in [0.1, 0.15) is 17.2 Å². The van der Waals surface area contributed by atoms with Gasteiger partial charge < -0.3 is 19.5 Å². The van der Waals surface area contributed by atoms with Crippen LogP contribution in [0.3, 0.4) is 0 Å². The van der Waals surface area contributed by atoms with E-state index in [9.17, 15) is 4.79 Å². The highest BCUT2D eigenvalue weighted by atomic mass is 35.5. The molecule has 0 saturated carbocycles. The molecule has 134 valence electrons. The Labute approximate surface area is 152 Å². The minimum Gasteiger partial charge on any atom is -0.495 e. The molecule has 0 atom stereocenters. The van der Waals surface area contributed by atoms with Gasteiger partial charge in [-0.3, -0.25) is 4.79 Å². The van der Waals surface area contributed by atoms with Gasteiger partial charge in [-0.25, -0.2) is 0 Å². The largest absolute Gasteiger partial charge is 0.495 e. The van der Waals surface area contributed by atoms with E-state index in [0.717, 1.165) is 12.2 Å². The van der Waals surface area contributed by atoms with Gasteiger partial charge in [0.15, 0.2) is 0 Å². The third-order valence-electron chi connectivity index (χ3n) is 3.68. The van der Waals surface area contributed by atoms with Crippen LogP contribution < -0.4 is 19.5 Å². The van der Waals surface area contributed by atoms with Crippen molar-refractivity contribution >= 4 is 23.2 Å². The van der Waals surface area contributed by atoms with Gasteiger partial charge in [-0.15, -0.1) is 0 Å². The molecule has 0 aliphatic carbocycles. The van der Waals surface area contributed by atoms with Crippen LogP contribution in [0.15, 0.2) is 36.4 Å². The van der Waals surface area contributed by atoms with Crippen molar-refractivity contribution in [1.29, 1.82) is 0 Å². The standard InChI is InChI=1S/C19H22ClNO4/c1-4-13-5-7-14(8-6-13)25-10-9-19(22)21-16-12-17(23-2)15(20)11-18(16)24-3/h5-8,11-12H,4,9-10H2,1-3H3,(H,21,22). The molecule has 1 N–H and O–H groups in total. The Kier molecular flexibility index (Phi) is 6.95. The van der Waals surface area contributed by atoms with Crippen molar-refractivity contribution in [3.63, 3.8) is 0 Å². The van der Waals surface area contributed by atoms with Crippen LogP contribution in [0.2, 0.25) is 5.02 Å². The van der Waals surface area contributed by atoms with Crippen LogP contribution in [0.4, 0.5) is 5.69 Å².